The van der Waals surface area contributed by atoms with Gasteiger partial charge in [0, 0.05) is 25.1 Å². The van der Waals surface area contributed by atoms with Crippen molar-refractivity contribution in [3.8, 4) is 5.75 Å². The topological polar surface area (TPSA) is 67.8 Å². The van der Waals surface area contributed by atoms with E-state index < -0.39 is 6.10 Å². The van der Waals surface area contributed by atoms with E-state index in [0.29, 0.717) is 31.8 Å². The molecule has 1 aromatic carbocycles. The average molecular weight is 263 g/mol. The Labute approximate surface area is 111 Å². The van der Waals surface area contributed by atoms with E-state index in [0.717, 1.165) is 17.7 Å². The number of benzene rings is 1. The number of hydrogen-bond acceptors (Lipinski definition) is 4. The van der Waals surface area contributed by atoms with E-state index in [2.05, 4.69) is 5.32 Å². The van der Waals surface area contributed by atoms with Crippen LogP contribution in [0.5, 0.6) is 5.75 Å². The van der Waals surface area contributed by atoms with Crippen molar-refractivity contribution in [3.63, 3.8) is 0 Å². The molecule has 5 heteroatoms. The highest BCUT2D eigenvalue weighted by Gasteiger charge is 2.26. The summed E-state index contributed by atoms with van der Waals surface area (Å²) in [5.41, 5.74) is 1.92. The number of aryl methyl sites for hydroxylation is 1. The van der Waals surface area contributed by atoms with Crippen LogP contribution in [-0.4, -0.2) is 36.4 Å². The summed E-state index contributed by atoms with van der Waals surface area (Å²) in [6.07, 6.45) is 1.04. The van der Waals surface area contributed by atoms with Crippen LogP contribution in [0, 0.1) is 0 Å². The summed E-state index contributed by atoms with van der Waals surface area (Å²) < 4.78 is 11.1. The minimum atomic E-state index is -0.482. The monoisotopic (exact) mass is 263 g/mol. The molecule has 3 rings (SSSR count). The van der Waals surface area contributed by atoms with Gasteiger partial charge in [-0.1, -0.05) is 0 Å². The van der Waals surface area contributed by atoms with E-state index in [9.17, 15) is 9.90 Å². The van der Waals surface area contributed by atoms with Crippen LogP contribution in [0.2, 0.25) is 0 Å². The molecule has 0 bridgehead atoms. The van der Waals surface area contributed by atoms with E-state index in [-0.39, 0.29) is 12.0 Å². The van der Waals surface area contributed by atoms with Gasteiger partial charge in [0.05, 0.1) is 12.7 Å². The van der Waals surface area contributed by atoms with Gasteiger partial charge in [-0.2, -0.15) is 0 Å². The molecule has 2 heterocycles. The largest absolute Gasteiger partial charge is 0.485 e. The van der Waals surface area contributed by atoms with E-state index in [1.807, 2.05) is 18.2 Å². The van der Waals surface area contributed by atoms with Gasteiger partial charge < -0.3 is 19.9 Å². The van der Waals surface area contributed by atoms with Crippen molar-refractivity contribution in [2.24, 2.45) is 0 Å². The Hall–Kier alpha value is -1.59. The van der Waals surface area contributed by atoms with Gasteiger partial charge >= 0.3 is 0 Å². The predicted molar refractivity (Wildman–Crippen MR) is 69.3 cm³/mol. The van der Waals surface area contributed by atoms with Crippen molar-refractivity contribution in [1.29, 1.82) is 0 Å². The molecule has 102 valence electrons. The van der Waals surface area contributed by atoms with Crippen molar-refractivity contribution in [2.45, 2.75) is 31.5 Å². The molecule has 1 saturated heterocycles. The predicted octanol–water partition coefficient (Wildman–Crippen LogP) is 1.10. The average Bonchev–Trinajstić information content (AvgIpc) is 2.41. The maximum atomic E-state index is 11.3. The second-order valence-electron chi connectivity index (χ2n) is 4.95. The SMILES string of the molecule is O=C1CCc2cc(OC3COCCC3O)ccc2N1. The van der Waals surface area contributed by atoms with Crippen LogP contribution in [0.3, 0.4) is 0 Å². The lowest BCUT2D eigenvalue weighted by molar-refractivity contribution is -0.116. The summed E-state index contributed by atoms with van der Waals surface area (Å²) in [5, 5.41) is 12.7. The third kappa shape index (κ3) is 2.72. The van der Waals surface area contributed by atoms with Crippen LogP contribution in [0.25, 0.3) is 0 Å². The molecular weight excluding hydrogens is 246 g/mol. The fraction of sp³-hybridized carbons (Fsp3) is 0.500. The Morgan fingerprint density at radius 2 is 2.26 bits per heavy atom. The molecule has 0 saturated carbocycles. The molecule has 0 aromatic heterocycles. The standard InChI is InChI=1S/C14H17NO4/c16-12-5-6-18-8-13(12)19-10-2-3-11-9(7-10)1-4-14(17)15-11/h2-3,7,12-13,16H,1,4-6,8H2,(H,15,17). The summed E-state index contributed by atoms with van der Waals surface area (Å²) in [6, 6.07) is 5.58. The van der Waals surface area contributed by atoms with Gasteiger partial charge in [-0.05, 0) is 30.2 Å². The van der Waals surface area contributed by atoms with E-state index >= 15 is 0 Å². The first-order valence-corrected chi connectivity index (χ1v) is 6.57. The number of amides is 1. The Kier molecular flexibility index (Phi) is 3.40. The van der Waals surface area contributed by atoms with Crippen molar-refractivity contribution < 1.29 is 19.4 Å². The van der Waals surface area contributed by atoms with Gasteiger partial charge in [0.2, 0.25) is 5.91 Å². The quantitative estimate of drug-likeness (QED) is 0.838. The van der Waals surface area contributed by atoms with Crippen LogP contribution in [-0.2, 0) is 16.0 Å². The summed E-state index contributed by atoms with van der Waals surface area (Å²) in [7, 11) is 0. The summed E-state index contributed by atoms with van der Waals surface area (Å²) in [6.45, 7) is 0.992. The Bertz CT molecular complexity index is 488. The number of aliphatic hydroxyl groups is 1. The van der Waals surface area contributed by atoms with Gasteiger partial charge in [0.25, 0.3) is 0 Å². The zero-order valence-electron chi connectivity index (χ0n) is 10.6. The third-order valence-corrected chi connectivity index (χ3v) is 3.53. The first kappa shape index (κ1) is 12.4. The molecule has 2 unspecified atom stereocenters. The minimum Gasteiger partial charge on any atom is -0.485 e. The number of carbonyl (C=O) groups excluding carboxylic acids is 1. The molecule has 1 aromatic rings. The lowest BCUT2D eigenvalue weighted by Crippen LogP contribution is -2.40. The molecule has 0 spiro atoms. The molecule has 2 aliphatic heterocycles. The summed E-state index contributed by atoms with van der Waals surface area (Å²) in [4.78, 5) is 11.3. The van der Waals surface area contributed by atoms with Crippen LogP contribution in [0.4, 0.5) is 5.69 Å². The fourth-order valence-corrected chi connectivity index (χ4v) is 2.42. The number of fused-ring (bicyclic) bond motifs is 1. The second kappa shape index (κ2) is 5.19. The number of anilines is 1. The number of ether oxygens (including phenoxy) is 2. The van der Waals surface area contributed by atoms with Crippen molar-refractivity contribution in [1.82, 2.24) is 0 Å². The zero-order chi connectivity index (χ0) is 13.2. The van der Waals surface area contributed by atoms with Gasteiger partial charge in [0.15, 0.2) is 0 Å². The zero-order valence-corrected chi connectivity index (χ0v) is 10.6. The second-order valence-corrected chi connectivity index (χ2v) is 4.95. The van der Waals surface area contributed by atoms with E-state index in [1.54, 1.807) is 0 Å². The van der Waals surface area contributed by atoms with Crippen LogP contribution >= 0.6 is 0 Å². The molecule has 5 nitrogen and oxygen atoms in total. The number of nitrogens with one attached hydrogen (secondary N) is 1. The number of aliphatic hydroxyl groups excluding tert-OH is 1. The van der Waals surface area contributed by atoms with E-state index in [4.69, 9.17) is 9.47 Å². The van der Waals surface area contributed by atoms with Crippen molar-refractivity contribution in [3.05, 3.63) is 23.8 Å². The highest BCUT2D eigenvalue weighted by Crippen LogP contribution is 2.28. The molecule has 19 heavy (non-hydrogen) atoms. The first-order valence-electron chi connectivity index (χ1n) is 6.57. The number of rotatable bonds is 2. The number of hydrogen-bond donors (Lipinski definition) is 2. The molecule has 1 amide bonds. The maximum absolute atomic E-state index is 11.3. The molecule has 2 atom stereocenters. The van der Waals surface area contributed by atoms with Crippen molar-refractivity contribution in [2.75, 3.05) is 18.5 Å². The summed E-state index contributed by atoms with van der Waals surface area (Å²) >= 11 is 0. The maximum Gasteiger partial charge on any atom is 0.224 e. The molecular formula is C14H17NO4. The molecule has 0 aliphatic carbocycles. The van der Waals surface area contributed by atoms with Gasteiger partial charge in [-0.25, -0.2) is 0 Å². The minimum absolute atomic E-state index is 0.0530. The van der Waals surface area contributed by atoms with Gasteiger partial charge in [0.1, 0.15) is 11.9 Å². The van der Waals surface area contributed by atoms with Crippen LogP contribution < -0.4 is 10.1 Å². The molecule has 2 aliphatic rings. The Morgan fingerprint density at radius 1 is 1.37 bits per heavy atom. The van der Waals surface area contributed by atoms with Crippen molar-refractivity contribution >= 4 is 11.6 Å². The first-order chi connectivity index (χ1) is 9.22. The van der Waals surface area contributed by atoms with E-state index in [1.165, 1.54) is 0 Å². The molecule has 0 radical (unpaired) electrons. The molecule has 2 N–H and O–H groups in total. The normalized spacial score (nSPS) is 26.5. The fourth-order valence-electron chi connectivity index (χ4n) is 2.42. The van der Waals surface area contributed by atoms with Crippen LogP contribution in [0.1, 0.15) is 18.4 Å². The van der Waals surface area contributed by atoms with Gasteiger partial charge in [-0.15, -0.1) is 0 Å². The summed E-state index contributed by atoms with van der Waals surface area (Å²) in [5.74, 6) is 0.765. The van der Waals surface area contributed by atoms with Crippen LogP contribution in [0.15, 0.2) is 18.2 Å². The lowest BCUT2D eigenvalue weighted by Gasteiger charge is -2.28. The highest BCUT2D eigenvalue weighted by molar-refractivity contribution is 5.93. The highest BCUT2D eigenvalue weighted by atomic mass is 16.5. The lowest BCUT2D eigenvalue weighted by atomic mass is 10.0. The molecule has 1 fully saturated rings. The van der Waals surface area contributed by atoms with Gasteiger partial charge in [-0.3, -0.25) is 4.79 Å². The smallest absolute Gasteiger partial charge is 0.224 e. The number of carbonyl (C=O) groups is 1. The Morgan fingerprint density at radius 3 is 3.11 bits per heavy atom. The third-order valence-electron chi connectivity index (χ3n) is 3.53. The Balaban J connectivity index is 1.73.